The molecule has 1 aromatic heterocycles. The molecule has 27 heavy (non-hydrogen) atoms. The van der Waals surface area contributed by atoms with Crippen LogP contribution in [0.1, 0.15) is 41.7 Å². The third-order valence-corrected chi connectivity index (χ3v) is 7.78. The maximum absolute atomic E-state index is 13.0. The first kappa shape index (κ1) is 18.5. The zero-order chi connectivity index (χ0) is 19.0. The summed E-state index contributed by atoms with van der Waals surface area (Å²) >= 11 is 0.923. The Labute approximate surface area is 162 Å². The van der Waals surface area contributed by atoms with E-state index in [1.54, 1.807) is 0 Å². The molecule has 2 aliphatic rings. The number of hydrogen-bond acceptors (Lipinski definition) is 7. The highest BCUT2D eigenvalue weighted by Gasteiger charge is 2.35. The van der Waals surface area contributed by atoms with Gasteiger partial charge in [-0.15, -0.1) is 5.10 Å². The number of fused-ring (bicyclic) bond motifs is 1. The molecule has 4 rings (SSSR count). The van der Waals surface area contributed by atoms with Gasteiger partial charge in [-0.2, -0.15) is 0 Å². The second kappa shape index (κ2) is 7.29. The molecule has 2 aromatic rings. The number of ether oxygens (including phenoxy) is 1. The van der Waals surface area contributed by atoms with E-state index >= 15 is 0 Å². The number of hydrogen-bond donors (Lipinski definition) is 0. The molecule has 144 valence electrons. The number of aromatic nitrogens is 2. The Bertz CT molecular complexity index is 949. The molecule has 0 aliphatic carbocycles. The van der Waals surface area contributed by atoms with Crippen molar-refractivity contribution in [1.82, 2.24) is 14.5 Å². The second-order valence-electron chi connectivity index (χ2n) is 7.02. The summed E-state index contributed by atoms with van der Waals surface area (Å²) < 4.78 is 33.7. The highest BCUT2D eigenvalue weighted by Crippen LogP contribution is 2.35. The number of benzene rings is 1. The fourth-order valence-corrected chi connectivity index (χ4v) is 5.57. The fraction of sp³-hybridized carbons (Fsp3) is 0.500. The molecule has 1 amide bonds. The van der Waals surface area contributed by atoms with Gasteiger partial charge >= 0.3 is 0 Å². The van der Waals surface area contributed by atoms with Gasteiger partial charge in [0.15, 0.2) is 20.2 Å². The van der Waals surface area contributed by atoms with E-state index in [-0.39, 0.29) is 16.0 Å². The Morgan fingerprint density at radius 3 is 2.74 bits per heavy atom. The van der Waals surface area contributed by atoms with Crippen LogP contribution in [0.5, 0.6) is 0 Å². The third-order valence-electron chi connectivity index (χ3n) is 5.23. The number of likely N-dealkylation sites (tertiary alicyclic amines) is 1. The van der Waals surface area contributed by atoms with Gasteiger partial charge in [-0.05, 0) is 30.4 Å². The second-order valence-corrected chi connectivity index (χ2v) is 9.98. The van der Waals surface area contributed by atoms with E-state index < -0.39 is 15.9 Å². The normalized spacial score (nSPS) is 21.1. The van der Waals surface area contributed by atoms with E-state index in [2.05, 4.69) is 9.59 Å². The van der Waals surface area contributed by atoms with Crippen molar-refractivity contribution in [2.24, 2.45) is 0 Å². The minimum absolute atomic E-state index is 0.0112. The zero-order valence-electron chi connectivity index (χ0n) is 15.0. The lowest BCUT2D eigenvalue weighted by Crippen LogP contribution is -2.42. The highest BCUT2D eigenvalue weighted by atomic mass is 32.2. The number of carbonyl (C=O) groups excluding carboxylic acids is 1. The quantitative estimate of drug-likeness (QED) is 0.773. The number of rotatable bonds is 3. The number of sulfone groups is 1. The maximum Gasteiger partial charge on any atom is 0.256 e. The van der Waals surface area contributed by atoms with Crippen LogP contribution in [0.4, 0.5) is 0 Å². The molecule has 0 saturated carbocycles. The molecule has 0 spiro atoms. The van der Waals surface area contributed by atoms with Gasteiger partial charge in [0.2, 0.25) is 0 Å². The molecule has 0 bridgehead atoms. The summed E-state index contributed by atoms with van der Waals surface area (Å²) in [5.41, 5.74) is 2.68. The molecule has 0 unspecified atom stereocenters. The number of carbonyl (C=O) groups is 1. The summed E-state index contributed by atoms with van der Waals surface area (Å²) in [6.45, 7) is 1.67. The van der Waals surface area contributed by atoms with Gasteiger partial charge in [-0.3, -0.25) is 4.79 Å². The first-order valence-corrected chi connectivity index (χ1v) is 11.6. The zero-order valence-corrected chi connectivity index (χ0v) is 16.6. The molecule has 1 saturated heterocycles. The lowest BCUT2D eigenvalue weighted by atomic mass is 9.92. The lowest BCUT2D eigenvalue weighted by Gasteiger charge is -2.35. The van der Waals surface area contributed by atoms with Crippen molar-refractivity contribution in [2.75, 3.05) is 26.0 Å². The number of nitrogens with zero attached hydrogens (tertiary/aromatic N) is 3. The third kappa shape index (κ3) is 3.63. The molecule has 3 heterocycles. The van der Waals surface area contributed by atoms with Crippen LogP contribution in [0.15, 0.2) is 28.5 Å². The Morgan fingerprint density at radius 1 is 1.26 bits per heavy atom. The first-order chi connectivity index (χ1) is 12.9. The maximum atomic E-state index is 13.0. The summed E-state index contributed by atoms with van der Waals surface area (Å²) in [5.74, 6) is -0.00238. The molecular formula is C18H21N3O4S2. The van der Waals surface area contributed by atoms with Crippen LogP contribution < -0.4 is 0 Å². The van der Waals surface area contributed by atoms with Crippen LogP contribution in [0.2, 0.25) is 0 Å². The molecule has 1 aromatic carbocycles. The van der Waals surface area contributed by atoms with Gasteiger partial charge < -0.3 is 9.64 Å². The van der Waals surface area contributed by atoms with E-state index in [1.165, 1.54) is 11.8 Å². The first-order valence-electron chi connectivity index (χ1n) is 8.95. The highest BCUT2D eigenvalue weighted by molar-refractivity contribution is 7.92. The topological polar surface area (TPSA) is 89.5 Å². The van der Waals surface area contributed by atoms with E-state index in [9.17, 15) is 13.2 Å². The van der Waals surface area contributed by atoms with Gasteiger partial charge in [0.1, 0.15) is 0 Å². The fourth-order valence-electron chi connectivity index (χ4n) is 3.83. The SMILES string of the molecule is CS(=O)(=O)c1snnc1C1CCN(C(=O)[C@@H]2OCCc3ccccc32)CC1. The summed E-state index contributed by atoms with van der Waals surface area (Å²) in [7, 11) is -3.33. The van der Waals surface area contributed by atoms with Crippen LogP contribution in [0.25, 0.3) is 0 Å². The average molecular weight is 408 g/mol. The van der Waals surface area contributed by atoms with Gasteiger partial charge in [0.05, 0.1) is 12.3 Å². The van der Waals surface area contributed by atoms with Crippen molar-refractivity contribution < 1.29 is 17.9 Å². The molecule has 2 aliphatic heterocycles. The van der Waals surface area contributed by atoms with Crippen molar-refractivity contribution in [3.8, 4) is 0 Å². The molecule has 1 fully saturated rings. The number of piperidine rings is 1. The van der Waals surface area contributed by atoms with E-state index in [4.69, 9.17) is 4.74 Å². The Balaban J connectivity index is 1.46. The average Bonchev–Trinajstić information content (AvgIpc) is 3.17. The predicted octanol–water partition coefficient (Wildman–Crippen LogP) is 1.96. The van der Waals surface area contributed by atoms with Crippen LogP contribution in [0.3, 0.4) is 0 Å². The molecule has 1 atom stereocenters. The molecule has 0 N–H and O–H groups in total. The van der Waals surface area contributed by atoms with Gasteiger partial charge in [-0.1, -0.05) is 28.8 Å². The van der Waals surface area contributed by atoms with E-state index in [0.717, 1.165) is 23.5 Å². The summed E-state index contributed by atoms with van der Waals surface area (Å²) in [4.78, 5) is 14.8. The van der Waals surface area contributed by atoms with Gasteiger partial charge in [0, 0.05) is 36.8 Å². The molecule has 0 radical (unpaired) electrons. The smallest absolute Gasteiger partial charge is 0.256 e. The van der Waals surface area contributed by atoms with Crippen molar-refractivity contribution >= 4 is 27.3 Å². The van der Waals surface area contributed by atoms with E-state index in [1.807, 2.05) is 29.2 Å². The Morgan fingerprint density at radius 2 is 2.00 bits per heavy atom. The minimum atomic E-state index is -3.33. The van der Waals surface area contributed by atoms with Crippen LogP contribution in [-0.4, -0.2) is 54.8 Å². The van der Waals surface area contributed by atoms with Crippen molar-refractivity contribution in [3.05, 3.63) is 41.1 Å². The van der Waals surface area contributed by atoms with Crippen molar-refractivity contribution in [3.63, 3.8) is 0 Å². The lowest BCUT2D eigenvalue weighted by molar-refractivity contribution is -0.146. The Hall–Kier alpha value is -1.84. The predicted molar refractivity (Wildman–Crippen MR) is 100 cm³/mol. The minimum Gasteiger partial charge on any atom is -0.363 e. The number of amides is 1. The Kier molecular flexibility index (Phi) is 5.00. The van der Waals surface area contributed by atoms with E-state index in [0.29, 0.717) is 38.2 Å². The van der Waals surface area contributed by atoms with Crippen LogP contribution in [-0.2, 0) is 25.8 Å². The largest absolute Gasteiger partial charge is 0.363 e. The van der Waals surface area contributed by atoms with Crippen molar-refractivity contribution in [2.45, 2.75) is 35.5 Å². The summed E-state index contributed by atoms with van der Waals surface area (Å²) in [6, 6.07) is 7.93. The molecule has 7 nitrogen and oxygen atoms in total. The summed E-state index contributed by atoms with van der Waals surface area (Å²) in [6.07, 6.45) is 2.82. The monoisotopic (exact) mass is 407 g/mol. The summed E-state index contributed by atoms with van der Waals surface area (Å²) in [5, 5.41) is 4.06. The van der Waals surface area contributed by atoms with Crippen molar-refractivity contribution in [1.29, 1.82) is 0 Å². The molecular weight excluding hydrogens is 386 g/mol. The van der Waals surface area contributed by atoms with Gasteiger partial charge in [0.25, 0.3) is 5.91 Å². The molecule has 9 heteroatoms. The standard InChI is InChI=1S/C18H21N3O4S2/c1-27(23,24)18-15(19-20-26-18)13-6-9-21(10-7-13)17(22)16-14-5-3-2-4-12(14)8-11-25-16/h2-5,13,16H,6-11H2,1H3/t16-/m1/s1. The van der Waals surface area contributed by atoms with Gasteiger partial charge in [-0.25, -0.2) is 8.42 Å². The van der Waals surface area contributed by atoms with Crippen LogP contribution >= 0.6 is 11.5 Å². The van der Waals surface area contributed by atoms with Crippen LogP contribution in [0, 0.1) is 0 Å².